The summed E-state index contributed by atoms with van der Waals surface area (Å²) >= 11 is 1.19. The highest BCUT2D eigenvalue weighted by molar-refractivity contribution is 7.14. The van der Waals surface area contributed by atoms with Gasteiger partial charge >= 0.3 is 6.18 Å². The molecule has 1 aliphatic heterocycles. The van der Waals surface area contributed by atoms with Gasteiger partial charge in [-0.15, -0.1) is 11.3 Å². The summed E-state index contributed by atoms with van der Waals surface area (Å²) in [4.78, 5) is 18.4. The number of aromatic nitrogens is 3. The molecule has 2 aromatic heterocycles. The second kappa shape index (κ2) is 7.60. The molecule has 0 unspecified atom stereocenters. The Morgan fingerprint density at radius 3 is 2.57 bits per heavy atom. The van der Waals surface area contributed by atoms with Gasteiger partial charge in [-0.25, -0.2) is 4.68 Å². The first kappa shape index (κ1) is 20.1. The van der Waals surface area contributed by atoms with Crippen molar-refractivity contribution in [2.75, 3.05) is 12.4 Å². The molecule has 0 saturated heterocycles. The van der Waals surface area contributed by atoms with Crippen molar-refractivity contribution in [1.82, 2.24) is 14.8 Å². The zero-order chi connectivity index (χ0) is 21.5. The molecular formula is C20H17F3N4O2S. The van der Waals surface area contributed by atoms with Gasteiger partial charge in [0.05, 0.1) is 17.6 Å². The van der Waals surface area contributed by atoms with Crippen LogP contribution in [0.5, 0.6) is 5.75 Å². The predicted octanol–water partition coefficient (Wildman–Crippen LogP) is 4.62. The molecule has 0 saturated carbocycles. The zero-order valence-electron chi connectivity index (χ0n) is 16.0. The summed E-state index contributed by atoms with van der Waals surface area (Å²) in [6.07, 6.45) is -2.94. The minimum Gasteiger partial charge on any atom is -0.497 e. The second-order valence-corrected chi connectivity index (χ2v) is 7.73. The maximum atomic E-state index is 14.0. The Balaban J connectivity index is 1.92. The van der Waals surface area contributed by atoms with E-state index in [-0.39, 0.29) is 10.8 Å². The van der Waals surface area contributed by atoms with Gasteiger partial charge in [-0.2, -0.15) is 23.3 Å². The Morgan fingerprint density at radius 1 is 1.23 bits per heavy atom. The third-order valence-corrected chi connectivity index (χ3v) is 6.02. The van der Waals surface area contributed by atoms with Crippen LogP contribution in [0.15, 0.2) is 54.0 Å². The number of fused-ring (bicyclic) bond motifs is 1. The molecule has 4 rings (SSSR count). The number of ether oxygens (including phenoxy) is 1. The highest BCUT2D eigenvalue weighted by atomic mass is 32.1. The summed E-state index contributed by atoms with van der Waals surface area (Å²) in [5, 5.41) is 6.35. The molecule has 10 heteroatoms. The number of methoxy groups -OCH3 is 1. The second-order valence-electron chi connectivity index (χ2n) is 6.56. The van der Waals surface area contributed by atoms with Gasteiger partial charge in [-0.3, -0.25) is 4.79 Å². The van der Waals surface area contributed by atoms with E-state index in [2.05, 4.69) is 15.4 Å². The molecule has 1 N–H and O–H groups in total. The first-order valence-electron chi connectivity index (χ1n) is 9.08. The van der Waals surface area contributed by atoms with E-state index < -0.39 is 29.3 Å². The number of hydrogen-bond donors (Lipinski definition) is 1. The topological polar surface area (TPSA) is 69.0 Å². The molecule has 0 aliphatic carbocycles. The fourth-order valence-corrected chi connectivity index (χ4v) is 4.25. The molecule has 3 heterocycles. The average Bonchev–Trinajstić information content (AvgIpc) is 3.40. The Kier molecular flexibility index (Phi) is 5.10. The van der Waals surface area contributed by atoms with Crippen molar-refractivity contribution in [2.24, 2.45) is 0 Å². The molecule has 0 spiro atoms. The van der Waals surface area contributed by atoms with Crippen molar-refractivity contribution in [3.05, 3.63) is 69.3 Å². The van der Waals surface area contributed by atoms with Crippen molar-refractivity contribution >= 4 is 23.1 Å². The lowest BCUT2D eigenvalue weighted by Gasteiger charge is -2.30. The number of anilines is 1. The largest absolute Gasteiger partial charge is 0.497 e. The number of nitrogens with one attached hydrogen (secondary N) is 1. The highest BCUT2D eigenvalue weighted by Gasteiger charge is 2.46. The summed E-state index contributed by atoms with van der Waals surface area (Å²) in [6, 6.07) is 8.72. The van der Waals surface area contributed by atoms with E-state index in [4.69, 9.17) is 4.74 Å². The van der Waals surface area contributed by atoms with Crippen LogP contribution in [-0.4, -0.2) is 33.8 Å². The van der Waals surface area contributed by atoms with Gasteiger partial charge in [0, 0.05) is 4.88 Å². The van der Waals surface area contributed by atoms with Crippen LogP contribution in [0.1, 0.15) is 33.1 Å². The summed E-state index contributed by atoms with van der Waals surface area (Å²) < 4.78 is 48.4. The van der Waals surface area contributed by atoms with Crippen molar-refractivity contribution in [3.63, 3.8) is 0 Å². The van der Waals surface area contributed by atoms with Crippen LogP contribution in [0.3, 0.4) is 0 Å². The first-order chi connectivity index (χ1) is 14.3. The Labute approximate surface area is 174 Å². The summed E-state index contributed by atoms with van der Waals surface area (Å²) in [6.45, 7) is 1.92. The molecule has 1 atom stereocenters. The van der Waals surface area contributed by atoms with E-state index in [1.165, 1.54) is 23.1 Å². The zero-order valence-corrected chi connectivity index (χ0v) is 16.8. The summed E-state index contributed by atoms with van der Waals surface area (Å²) in [7, 11) is 1.49. The number of allylic oxidation sites excluding steroid dienone is 2. The van der Waals surface area contributed by atoms with Gasteiger partial charge in [0.1, 0.15) is 23.8 Å². The van der Waals surface area contributed by atoms with Crippen LogP contribution < -0.4 is 10.1 Å². The van der Waals surface area contributed by atoms with E-state index in [9.17, 15) is 18.0 Å². The van der Waals surface area contributed by atoms with Crippen molar-refractivity contribution in [3.8, 4) is 5.75 Å². The Bertz CT molecular complexity index is 1120. The molecule has 1 aromatic carbocycles. The molecule has 3 aromatic rings. The van der Waals surface area contributed by atoms with Crippen LogP contribution in [0, 0.1) is 0 Å². The number of carbonyl (C=O) groups is 1. The van der Waals surface area contributed by atoms with Gasteiger partial charge in [0.15, 0.2) is 0 Å². The van der Waals surface area contributed by atoms with Crippen molar-refractivity contribution < 1.29 is 22.7 Å². The highest BCUT2D eigenvalue weighted by Crippen LogP contribution is 2.42. The standard InChI is InChI=1S/C20H17F3N4O2S/c1-3-13-8-9-14(30-13)17(28)15-16(11-4-6-12(29-2)7-5-11)27-19(24-10-25-27)26-18(15)20(21,22)23/h4-10,16H,3H2,1-2H3,(H,24,25,26)/t16-/m1/s1. The number of halogens is 3. The normalized spacial score (nSPS) is 16.2. The lowest BCUT2D eigenvalue weighted by molar-refractivity contribution is -0.0918. The molecular weight excluding hydrogens is 417 g/mol. The predicted molar refractivity (Wildman–Crippen MR) is 106 cm³/mol. The maximum absolute atomic E-state index is 14.0. The van der Waals surface area contributed by atoms with E-state index >= 15 is 0 Å². The molecule has 0 fully saturated rings. The van der Waals surface area contributed by atoms with Gasteiger partial charge in [0.25, 0.3) is 0 Å². The van der Waals surface area contributed by atoms with Crippen LogP contribution in [-0.2, 0) is 6.42 Å². The molecule has 0 radical (unpaired) electrons. The number of hydrogen-bond acceptors (Lipinski definition) is 6. The lowest BCUT2D eigenvalue weighted by Crippen LogP contribution is -2.35. The summed E-state index contributed by atoms with van der Waals surface area (Å²) in [5.41, 5.74) is -1.09. The number of ketones is 1. The smallest absolute Gasteiger partial charge is 0.431 e. The number of carbonyl (C=O) groups excluding carboxylic acids is 1. The number of nitrogens with zero attached hydrogens (tertiary/aromatic N) is 3. The lowest BCUT2D eigenvalue weighted by atomic mass is 9.91. The Hall–Kier alpha value is -3.14. The van der Waals surface area contributed by atoms with Crippen LogP contribution >= 0.6 is 11.3 Å². The van der Waals surface area contributed by atoms with Crippen LogP contribution in [0.4, 0.5) is 19.1 Å². The van der Waals surface area contributed by atoms with Gasteiger partial charge in [-0.05, 0) is 36.2 Å². The number of Topliss-reactive ketones (excluding diaryl/α,β-unsaturated/α-hetero) is 1. The van der Waals surface area contributed by atoms with Crippen molar-refractivity contribution in [2.45, 2.75) is 25.6 Å². The van der Waals surface area contributed by atoms with Gasteiger partial charge in [-0.1, -0.05) is 19.1 Å². The molecule has 156 valence electrons. The van der Waals surface area contributed by atoms with Gasteiger partial charge in [0.2, 0.25) is 11.7 Å². The van der Waals surface area contributed by atoms with Gasteiger partial charge < -0.3 is 10.1 Å². The average molecular weight is 434 g/mol. The number of thiophene rings is 1. The third-order valence-electron chi connectivity index (χ3n) is 4.79. The Morgan fingerprint density at radius 2 is 1.97 bits per heavy atom. The van der Waals surface area contributed by atoms with E-state index in [1.807, 2.05) is 6.92 Å². The molecule has 30 heavy (non-hydrogen) atoms. The maximum Gasteiger partial charge on any atom is 0.431 e. The first-order valence-corrected chi connectivity index (χ1v) is 9.90. The minimum absolute atomic E-state index is 0.0832. The number of benzene rings is 1. The molecule has 1 aliphatic rings. The number of rotatable bonds is 5. The fraction of sp³-hybridized carbons (Fsp3) is 0.250. The molecule has 0 bridgehead atoms. The number of alkyl halides is 3. The van der Waals surface area contributed by atoms with E-state index in [1.54, 1.807) is 36.4 Å². The summed E-state index contributed by atoms with van der Waals surface area (Å²) in [5.74, 6) is -0.230. The quantitative estimate of drug-likeness (QED) is 0.594. The fourth-order valence-electron chi connectivity index (χ4n) is 3.34. The molecule has 0 amide bonds. The molecule has 6 nitrogen and oxygen atoms in total. The van der Waals surface area contributed by atoms with Crippen LogP contribution in [0.25, 0.3) is 0 Å². The van der Waals surface area contributed by atoms with E-state index in [0.717, 1.165) is 11.2 Å². The van der Waals surface area contributed by atoms with Crippen LogP contribution in [0.2, 0.25) is 0 Å². The van der Waals surface area contributed by atoms with E-state index in [0.29, 0.717) is 17.7 Å². The monoisotopic (exact) mass is 434 g/mol. The SMILES string of the molecule is CCc1ccc(C(=O)C2=C(C(F)(F)F)Nc3ncnn3[C@@H]2c2ccc(OC)cc2)s1. The number of aryl methyl sites for hydroxylation is 1. The van der Waals surface area contributed by atoms with Crippen molar-refractivity contribution in [1.29, 1.82) is 0 Å². The minimum atomic E-state index is -4.78. The third kappa shape index (κ3) is 3.47.